The van der Waals surface area contributed by atoms with Crippen LogP contribution in [0.3, 0.4) is 0 Å². The second-order valence-electron chi connectivity index (χ2n) is 6.18. The van der Waals surface area contributed by atoms with Crippen LogP contribution in [0.25, 0.3) is 0 Å². The average Bonchev–Trinajstić information content (AvgIpc) is 3.29. The minimum atomic E-state index is -0.120. The van der Waals surface area contributed by atoms with Crippen molar-refractivity contribution in [2.45, 2.75) is 51.7 Å². The fourth-order valence-electron chi connectivity index (χ4n) is 2.98. The fraction of sp³-hybridized carbons (Fsp3) is 0.750. The zero-order valence-corrected chi connectivity index (χ0v) is 13.2. The Labute approximate surface area is 126 Å². The maximum atomic E-state index is 5.70. The normalized spacial score (nSPS) is 24.0. The Morgan fingerprint density at radius 1 is 1.19 bits per heavy atom. The number of nitrogens with zero attached hydrogens (tertiary/aromatic N) is 2. The van der Waals surface area contributed by atoms with Gasteiger partial charge in [0.2, 0.25) is 0 Å². The summed E-state index contributed by atoms with van der Waals surface area (Å²) in [6.45, 7) is 9.23. The minimum absolute atomic E-state index is 0.120. The highest BCUT2D eigenvalue weighted by Gasteiger charge is 2.25. The smallest absolute Gasteiger partial charge is 0.160 e. The molecule has 1 saturated heterocycles. The molecule has 2 aliphatic rings. The zero-order valence-electron chi connectivity index (χ0n) is 13.2. The standard InChI is InChI=1S/C16H25N3O2/c1-10(8-17-13-4-5-13)15-11(2)18-16(19-12(15)3)14-9-20-6-7-21-14/h10,13-14,17H,4-9H2,1-3H3. The molecule has 1 aromatic heterocycles. The molecule has 2 heterocycles. The summed E-state index contributed by atoms with van der Waals surface area (Å²) in [6, 6.07) is 0.737. The van der Waals surface area contributed by atoms with Crippen molar-refractivity contribution in [3.63, 3.8) is 0 Å². The van der Waals surface area contributed by atoms with E-state index in [4.69, 9.17) is 9.47 Å². The summed E-state index contributed by atoms with van der Waals surface area (Å²) >= 11 is 0. The van der Waals surface area contributed by atoms with Crippen molar-refractivity contribution in [2.24, 2.45) is 0 Å². The van der Waals surface area contributed by atoms with Crippen molar-refractivity contribution >= 4 is 0 Å². The minimum Gasteiger partial charge on any atom is -0.376 e. The van der Waals surface area contributed by atoms with Gasteiger partial charge in [0.15, 0.2) is 5.82 Å². The number of aromatic nitrogens is 2. The fourth-order valence-corrected chi connectivity index (χ4v) is 2.98. The van der Waals surface area contributed by atoms with Crippen LogP contribution in [0.15, 0.2) is 0 Å². The summed E-state index contributed by atoms with van der Waals surface area (Å²) < 4.78 is 11.2. The molecule has 5 heteroatoms. The highest BCUT2D eigenvalue weighted by atomic mass is 16.6. The van der Waals surface area contributed by atoms with Crippen LogP contribution in [0.4, 0.5) is 0 Å². The Hall–Kier alpha value is -1.04. The van der Waals surface area contributed by atoms with Crippen molar-refractivity contribution < 1.29 is 9.47 Å². The third-order valence-electron chi connectivity index (χ3n) is 4.23. The summed E-state index contributed by atoms with van der Waals surface area (Å²) in [5.41, 5.74) is 3.40. The van der Waals surface area contributed by atoms with Gasteiger partial charge in [0.25, 0.3) is 0 Å². The van der Waals surface area contributed by atoms with Gasteiger partial charge in [0.05, 0.1) is 19.8 Å². The van der Waals surface area contributed by atoms with Crippen LogP contribution < -0.4 is 5.32 Å². The Balaban J connectivity index is 1.74. The highest BCUT2D eigenvalue weighted by molar-refractivity contribution is 5.29. The maximum Gasteiger partial charge on any atom is 0.160 e. The molecular weight excluding hydrogens is 266 g/mol. The first-order chi connectivity index (χ1) is 10.1. The molecular formula is C16H25N3O2. The molecule has 1 aromatic rings. The molecule has 116 valence electrons. The second-order valence-corrected chi connectivity index (χ2v) is 6.18. The van der Waals surface area contributed by atoms with Crippen LogP contribution in [0.5, 0.6) is 0 Å². The molecule has 2 atom stereocenters. The number of hydrogen-bond donors (Lipinski definition) is 1. The molecule has 0 bridgehead atoms. The lowest BCUT2D eigenvalue weighted by molar-refractivity contribution is -0.0936. The lowest BCUT2D eigenvalue weighted by atomic mass is 9.97. The molecule has 1 N–H and O–H groups in total. The molecule has 1 saturated carbocycles. The van der Waals surface area contributed by atoms with Gasteiger partial charge in [-0.3, -0.25) is 0 Å². The van der Waals surface area contributed by atoms with E-state index < -0.39 is 0 Å². The van der Waals surface area contributed by atoms with Crippen LogP contribution in [0, 0.1) is 13.8 Å². The molecule has 0 spiro atoms. The third kappa shape index (κ3) is 3.59. The second kappa shape index (κ2) is 6.38. The van der Waals surface area contributed by atoms with Crippen LogP contribution in [-0.2, 0) is 9.47 Å². The van der Waals surface area contributed by atoms with Gasteiger partial charge in [-0.05, 0) is 38.2 Å². The van der Waals surface area contributed by atoms with E-state index in [1.54, 1.807) is 0 Å². The van der Waals surface area contributed by atoms with E-state index in [1.807, 2.05) is 0 Å². The van der Waals surface area contributed by atoms with E-state index in [1.165, 1.54) is 18.4 Å². The molecule has 3 rings (SSSR count). The van der Waals surface area contributed by atoms with Gasteiger partial charge in [-0.25, -0.2) is 9.97 Å². The van der Waals surface area contributed by atoms with Gasteiger partial charge in [0, 0.05) is 24.0 Å². The van der Waals surface area contributed by atoms with Gasteiger partial charge < -0.3 is 14.8 Å². The number of rotatable bonds is 5. The van der Waals surface area contributed by atoms with E-state index in [2.05, 4.69) is 36.1 Å². The maximum absolute atomic E-state index is 5.70. The summed E-state index contributed by atoms with van der Waals surface area (Å²) in [6.07, 6.45) is 2.52. The van der Waals surface area contributed by atoms with Gasteiger partial charge in [-0.2, -0.15) is 0 Å². The highest BCUT2D eigenvalue weighted by Crippen LogP contribution is 2.26. The molecule has 1 aliphatic heterocycles. The Kier molecular flexibility index (Phi) is 4.52. The van der Waals surface area contributed by atoms with Crippen LogP contribution in [-0.4, -0.2) is 42.4 Å². The number of aryl methyl sites for hydroxylation is 2. The number of ether oxygens (including phenoxy) is 2. The van der Waals surface area contributed by atoms with Gasteiger partial charge >= 0.3 is 0 Å². The van der Waals surface area contributed by atoms with E-state index in [-0.39, 0.29) is 6.10 Å². The third-order valence-corrected chi connectivity index (χ3v) is 4.23. The number of hydrogen-bond acceptors (Lipinski definition) is 5. The lowest BCUT2D eigenvalue weighted by Crippen LogP contribution is -2.26. The SMILES string of the molecule is Cc1nc(C2COCCO2)nc(C)c1C(C)CNC1CC1. The Morgan fingerprint density at radius 3 is 2.48 bits per heavy atom. The number of nitrogens with one attached hydrogen (secondary N) is 1. The van der Waals surface area contributed by atoms with Crippen molar-refractivity contribution in [2.75, 3.05) is 26.4 Å². The van der Waals surface area contributed by atoms with Gasteiger partial charge in [-0.15, -0.1) is 0 Å². The first kappa shape index (κ1) is 14.9. The van der Waals surface area contributed by atoms with E-state index >= 15 is 0 Å². The molecule has 2 fully saturated rings. The van der Waals surface area contributed by atoms with E-state index in [0.29, 0.717) is 25.7 Å². The van der Waals surface area contributed by atoms with Crippen LogP contribution in [0.2, 0.25) is 0 Å². The Bertz CT molecular complexity index is 473. The predicted molar refractivity (Wildman–Crippen MR) is 80.5 cm³/mol. The van der Waals surface area contributed by atoms with Crippen LogP contribution in [0.1, 0.15) is 54.6 Å². The van der Waals surface area contributed by atoms with Crippen molar-refractivity contribution in [3.05, 3.63) is 22.8 Å². The lowest BCUT2D eigenvalue weighted by Gasteiger charge is -2.24. The van der Waals surface area contributed by atoms with Crippen LogP contribution >= 0.6 is 0 Å². The van der Waals surface area contributed by atoms with Crippen molar-refractivity contribution in [3.8, 4) is 0 Å². The predicted octanol–water partition coefficient (Wildman–Crippen LogP) is 2.04. The van der Waals surface area contributed by atoms with Crippen molar-refractivity contribution in [1.82, 2.24) is 15.3 Å². The summed E-state index contributed by atoms with van der Waals surface area (Å²) in [4.78, 5) is 9.36. The average molecular weight is 291 g/mol. The quantitative estimate of drug-likeness (QED) is 0.899. The first-order valence-corrected chi connectivity index (χ1v) is 7.93. The summed E-state index contributed by atoms with van der Waals surface area (Å²) in [5, 5.41) is 3.59. The van der Waals surface area contributed by atoms with E-state index in [0.717, 1.165) is 29.8 Å². The molecule has 0 amide bonds. The molecule has 1 aliphatic carbocycles. The Morgan fingerprint density at radius 2 is 1.90 bits per heavy atom. The molecule has 2 unspecified atom stereocenters. The van der Waals surface area contributed by atoms with Gasteiger partial charge in [-0.1, -0.05) is 6.92 Å². The monoisotopic (exact) mass is 291 g/mol. The zero-order chi connectivity index (χ0) is 14.8. The summed E-state index contributed by atoms with van der Waals surface area (Å²) in [5.74, 6) is 1.19. The topological polar surface area (TPSA) is 56.3 Å². The molecule has 0 aromatic carbocycles. The summed E-state index contributed by atoms with van der Waals surface area (Å²) in [7, 11) is 0. The largest absolute Gasteiger partial charge is 0.376 e. The van der Waals surface area contributed by atoms with Gasteiger partial charge in [0.1, 0.15) is 6.10 Å². The molecule has 21 heavy (non-hydrogen) atoms. The molecule has 0 radical (unpaired) electrons. The van der Waals surface area contributed by atoms with Crippen molar-refractivity contribution in [1.29, 1.82) is 0 Å². The molecule has 5 nitrogen and oxygen atoms in total. The van der Waals surface area contributed by atoms with E-state index in [9.17, 15) is 0 Å². The first-order valence-electron chi connectivity index (χ1n) is 7.93.